The minimum atomic E-state index is -0.718. The van der Waals surface area contributed by atoms with Crippen molar-refractivity contribution in [2.24, 2.45) is 28.7 Å². The number of hydrogen-bond donors (Lipinski definition) is 7. The zero-order chi connectivity index (χ0) is 58.8. The molecule has 11 N–H and O–H groups in total. The Morgan fingerprint density at radius 1 is 0.375 bits per heavy atom. The van der Waals surface area contributed by atoms with E-state index in [1.54, 1.807) is 12.1 Å². The molecular weight excluding hydrogens is 1040 g/mol. The van der Waals surface area contributed by atoms with Crippen molar-refractivity contribution in [2.45, 2.75) is 135 Å². The number of nitrogens with zero attached hydrogens (tertiary/aromatic N) is 6. The Kier molecular flexibility index (Phi) is 38.4. The molecule has 0 atom stereocenters. The number of benzene rings is 2. The first-order chi connectivity index (χ1) is 38.6. The molecule has 448 valence electrons. The van der Waals surface area contributed by atoms with E-state index in [1.807, 2.05) is 48.5 Å². The van der Waals surface area contributed by atoms with Crippen molar-refractivity contribution in [3.05, 3.63) is 71.8 Å². The lowest BCUT2D eigenvalue weighted by Gasteiger charge is -2.32. The van der Waals surface area contributed by atoms with Gasteiger partial charge in [-0.1, -0.05) is 79.9 Å². The van der Waals surface area contributed by atoms with E-state index in [9.17, 15) is 43.2 Å². The number of nitrogens with two attached hydrogens (primary N) is 5. The lowest BCUT2D eigenvalue weighted by atomic mass is 10.0. The Labute approximate surface area is 481 Å². The van der Waals surface area contributed by atoms with Crippen LogP contribution < -0.4 is 34.0 Å². The van der Waals surface area contributed by atoms with Crippen molar-refractivity contribution >= 4 is 65.7 Å². The Hall–Kier alpha value is -5.94. The van der Waals surface area contributed by atoms with E-state index in [1.165, 1.54) is 29.4 Å². The van der Waals surface area contributed by atoms with Crippen LogP contribution in [0.1, 0.15) is 133 Å². The molecule has 22 heteroatoms. The van der Waals surface area contributed by atoms with E-state index in [4.69, 9.17) is 28.7 Å². The molecule has 0 saturated heterocycles. The van der Waals surface area contributed by atoms with Gasteiger partial charge in [0.25, 0.3) is 0 Å². The van der Waals surface area contributed by atoms with Gasteiger partial charge in [0.1, 0.15) is 12.3 Å². The lowest BCUT2D eigenvalue weighted by Crippen LogP contribution is -2.52. The number of Topliss-reactive ketones (excluding diaryl/α,β-unsaturated/α-hetero) is 1. The second-order valence-corrected chi connectivity index (χ2v) is 20.7. The largest absolute Gasteiger partial charge is 0.368 e. The first kappa shape index (κ1) is 70.2. The summed E-state index contributed by atoms with van der Waals surface area (Å²) in [4.78, 5) is 130. The molecule has 2 aromatic carbocycles. The first-order valence-corrected chi connectivity index (χ1v) is 29.5. The molecule has 80 heavy (non-hydrogen) atoms. The number of carbonyl (C=O) groups is 9. The van der Waals surface area contributed by atoms with Gasteiger partial charge in [-0.05, 0) is 120 Å². The van der Waals surface area contributed by atoms with Gasteiger partial charge < -0.3 is 63.4 Å². The maximum atomic E-state index is 14.6. The molecule has 0 bridgehead atoms. The predicted octanol–water partition coefficient (Wildman–Crippen LogP) is 2.71. The zero-order valence-electron chi connectivity index (χ0n) is 47.6. The van der Waals surface area contributed by atoms with Gasteiger partial charge in [0.2, 0.25) is 47.3 Å². The summed E-state index contributed by atoms with van der Waals surface area (Å²) in [6.07, 6.45) is 11.2. The number of thiol groups is 1. The fourth-order valence-corrected chi connectivity index (χ4v) is 9.01. The van der Waals surface area contributed by atoms with Crippen LogP contribution in [0.25, 0.3) is 0 Å². The second-order valence-electron chi connectivity index (χ2n) is 20.3. The number of rotatable bonds is 47. The third kappa shape index (κ3) is 31.7. The van der Waals surface area contributed by atoms with Crippen LogP contribution in [0.5, 0.6) is 0 Å². The monoisotopic (exact) mass is 1140 g/mol. The van der Waals surface area contributed by atoms with Crippen LogP contribution in [0, 0.1) is 0 Å². The molecule has 0 aliphatic carbocycles. The van der Waals surface area contributed by atoms with Crippen LogP contribution in [-0.2, 0) is 56.2 Å². The average molecular weight is 1140 g/mol. The second kappa shape index (κ2) is 43.8. The Morgan fingerprint density at radius 3 is 1.09 bits per heavy atom. The van der Waals surface area contributed by atoms with E-state index in [-0.39, 0.29) is 76.4 Å². The van der Waals surface area contributed by atoms with Crippen LogP contribution in [-0.4, -0.2) is 186 Å². The molecule has 2 rings (SSSR count). The van der Waals surface area contributed by atoms with E-state index < -0.39 is 55.1 Å². The normalized spacial score (nSPS) is 10.9. The molecule has 21 nitrogen and oxygen atoms in total. The molecule has 0 aromatic heterocycles. The Morgan fingerprint density at radius 2 is 0.713 bits per heavy atom. The third-order valence-electron chi connectivity index (χ3n) is 13.4. The van der Waals surface area contributed by atoms with Crippen molar-refractivity contribution in [1.82, 2.24) is 34.7 Å². The van der Waals surface area contributed by atoms with Crippen LogP contribution in [0.4, 0.5) is 0 Å². The quantitative estimate of drug-likeness (QED) is 0.0371. The highest BCUT2D eigenvalue weighted by atomic mass is 32.1. The molecule has 0 aliphatic heterocycles. The van der Waals surface area contributed by atoms with E-state index in [0.29, 0.717) is 128 Å². The molecule has 0 aliphatic rings. The van der Waals surface area contributed by atoms with Gasteiger partial charge in [-0.2, -0.15) is 12.6 Å². The number of carbonyl (C=O) groups excluding carboxylic acids is 9. The summed E-state index contributed by atoms with van der Waals surface area (Å²) in [5.74, 6) is -2.74. The minimum Gasteiger partial charge on any atom is -0.368 e. The smallest absolute Gasteiger partial charge is 0.242 e. The SMILES string of the molecule is NCCCCN(CC(=O)N(CCCCN)CC(=O)N(CCCCN)CC(=O)N(CC(=O)N(CCCCN)CC(=O)N(CC(N)=O)Cc1ccccc1)Cc1ccccc1)C(=O)CCCCCCC(=O)CCCCCNC(=O)CCS. The van der Waals surface area contributed by atoms with E-state index in [0.717, 1.165) is 44.1 Å². The number of nitrogens with one attached hydrogen (secondary N) is 1. The average Bonchev–Trinajstić information content (AvgIpc) is 3.43. The topological polar surface area (TPSA) is 315 Å². The summed E-state index contributed by atoms with van der Waals surface area (Å²) in [7, 11) is 0. The molecule has 0 unspecified atom stereocenters. The Balaban J connectivity index is 2.26. The zero-order valence-corrected chi connectivity index (χ0v) is 48.5. The standard InChI is InChI=1S/C58H96N12O9S/c59-30-13-18-35-65(53(74)28-12-2-1-10-26-50(71)27-11-5-17-34-64-52(73)29-39-80)43-54(75)66(36-19-14-31-60)44-55(76)67(37-20-15-32-61)46-58(79)70(41-49-24-8-4-9-25-49)47-56(77)68(38-21-16-33-62)45-57(78)69(42-51(63)72)40-48-22-6-3-7-23-48/h3-4,6-9,22-25,80H,1-2,5,10-21,26-47,59-62H2,(H2,63,72)(H,64,73). The fourth-order valence-electron chi connectivity index (χ4n) is 8.81. The summed E-state index contributed by atoms with van der Waals surface area (Å²) in [5.41, 5.74) is 30.4. The lowest BCUT2D eigenvalue weighted by molar-refractivity contribution is -0.148. The number of hydrogen-bond acceptors (Lipinski definition) is 14. The van der Waals surface area contributed by atoms with Crippen LogP contribution in [0.3, 0.4) is 0 Å². The van der Waals surface area contributed by atoms with Gasteiger partial charge in [-0.3, -0.25) is 43.2 Å². The van der Waals surface area contributed by atoms with Crippen molar-refractivity contribution in [1.29, 1.82) is 0 Å². The van der Waals surface area contributed by atoms with Crippen molar-refractivity contribution < 1.29 is 43.2 Å². The van der Waals surface area contributed by atoms with Crippen molar-refractivity contribution in [3.63, 3.8) is 0 Å². The number of primary amides is 1. The summed E-state index contributed by atoms with van der Waals surface area (Å²) in [5, 5.41) is 2.85. The molecule has 0 fully saturated rings. The minimum absolute atomic E-state index is 0.00248. The Bertz CT molecular complexity index is 2130. The van der Waals surface area contributed by atoms with Gasteiger partial charge >= 0.3 is 0 Å². The predicted molar refractivity (Wildman–Crippen MR) is 315 cm³/mol. The van der Waals surface area contributed by atoms with E-state index in [2.05, 4.69) is 17.9 Å². The molecule has 8 amide bonds. The molecular formula is C58H96N12O9S. The number of amides is 8. The van der Waals surface area contributed by atoms with Crippen LogP contribution in [0.15, 0.2) is 60.7 Å². The van der Waals surface area contributed by atoms with Gasteiger partial charge in [0, 0.05) is 71.5 Å². The highest BCUT2D eigenvalue weighted by Gasteiger charge is 2.30. The summed E-state index contributed by atoms with van der Waals surface area (Å²) < 4.78 is 0. The number of ketones is 1. The van der Waals surface area contributed by atoms with Gasteiger partial charge in [-0.25, -0.2) is 0 Å². The summed E-state index contributed by atoms with van der Waals surface area (Å²) >= 11 is 4.06. The first-order valence-electron chi connectivity index (χ1n) is 28.9. The van der Waals surface area contributed by atoms with Gasteiger partial charge in [-0.15, -0.1) is 0 Å². The number of unbranched alkanes of at least 4 members (excludes halogenated alkanes) is 9. The highest BCUT2D eigenvalue weighted by Crippen LogP contribution is 2.14. The summed E-state index contributed by atoms with van der Waals surface area (Å²) in [6, 6.07) is 18.1. The maximum absolute atomic E-state index is 14.6. The summed E-state index contributed by atoms with van der Waals surface area (Å²) in [6.45, 7) is 0.637. The maximum Gasteiger partial charge on any atom is 0.242 e. The molecule has 2 aromatic rings. The molecule has 0 spiro atoms. The van der Waals surface area contributed by atoms with Crippen molar-refractivity contribution in [2.75, 3.05) is 104 Å². The van der Waals surface area contributed by atoms with Crippen LogP contribution >= 0.6 is 12.6 Å². The highest BCUT2D eigenvalue weighted by molar-refractivity contribution is 7.80. The molecule has 0 radical (unpaired) electrons. The van der Waals surface area contributed by atoms with E-state index >= 15 is 0 Å². The van der Waals surface area contributed by atoms with Crippen molar-refractivity contribution in [3.8, 4) is 0 Å². The van der Waals surface area contributed by atoms with Gasteiger partial charge in [0.05, 0.1) is 32.7 Å². The fraction of sp³-hybridized carbons (Fsp3) is 0.638. The molecule has 0 saturated carbocycles. The third-order valence-corrected chi connectivity index (χ3v) is 13.7. The van der Waals surface area contributed by atoms with Gasteiger partial charge in [0.15, 0.2) is 0 Å². The molecule has 0 heterocycles. The van der Waals surface area contributed by atoms with Crippen LogP contribution in [0.2, 0.25) is 0 Å².